The summed E-state index contributed by atoms with van der Waals surface area (Å²) in [5, 5.41) is 4.34. The molecule has 0 saturated carbocycles. The van der Waals surface area contributed by atoms with Gasteiger partial charge in [0.05, 0.1) is 7.11 Å². The number of benzene rings is 2. The van der Waals surface area contributed by atoms with Crippen LogP contribution in [-0.4, -0.2) is 13.7 Å². The highest BCUT2D eigenvalue weighted by atomic mass is 35.5. The summed E-state index contributed by atoms with van der Waals surface area (Å²) >= 11 is 6.30. The summed E-state index contributed by atoms with van der Waals surface area (Å²) in [4.78, 5) is 0. The molecular formula is C18H22ClNO. The first kappa shape index (κ1) is 15.9. The van der Waals surface area contributed by atoms with Crippen molar-refractivity contribution in [1.82, 2.24) is 5.32 Å². The maximum absolute atomic E-state index is 6.30. The third-order valence-corrected chi connectivity index (χ3v) is 3.97. The lowest BCUT2D eigenvalue weighted by Crippen LogP contribution is -2.23. The van der Waals surface area contributed by atoms with Gasteiger partial charge in [-0.2, -0.15) is 0 Å². The quantitative estimate of drug-likeness (QED) is 0.845. The van der Waals surface area contributed by atoms with Gasteiger partial charge < -0.3 is 10.1 Å². The molecule has 0 radical (unpaired) electrons. The summed E-state index contributed by atoms with van der Waals surface area (Å²) in [5.74, 6) is 0.924. The highest BCUT2D eigenvalue weighted by molar-refractivity contribution is 6.31. The van der Waals surface area contributed by atoms with Gasteiger partial charge >= 0.3 is 0 Å². The Hall–Kier alpha value is -1.51. The molecule has 2 rings (SSSR count). The van der Waals surface area contributed by atoms with Gasteiger partial charge in [-0.3, -0.25) is 0 Å². The van der Waals surface area contributed by atoms with Crippen molar-refractivity contribution in [1.29, 1.82) is 0 Å². The van der Waals surface area contributed by atoms with E-state index in [4.69, 9.17) is 16.3 Å². The first-order valence-corrected chi connectivity index (χ1v) is 7.64. The van der Waals surface area contributed by atoms with E-state index in [-0.39, 0.29) is 6.04 Å². The number of nitrogens with one attached hydrogen (secondary N) is 1. The number of ether oxygens (including phenoxy) is 1. The van der Waals surface area contributed by atoms with Crippen LogP contribution in [0.15, 0.2) is 42.5 Å². The first-order chi connectivity index (χ1) is 10.2. The number of methoxy groups -OCH3 is 1. The van der Waals surface area contributed by atoms with E-state index in [1.54, 1.807) is 7.11 Å². The van der Waals surface area contributed by atoms with Crippen molar-refractivity contribution in [3.05, 3.63) is 64.2 Å². The second-order valence-electron chi connectivity index (χ2n) is 5.15. The molecule has 1 N–H and O–H groups in total. The van der Waals surface area contributed by atoms with Crippen LogP contribution in [0.25, 0.3) is 0 Å². The van der Waals surface area contributed by atoms with Crippen molar-refractivity contribution in [2.45, 2.75) is 26.3 Å². The topological polar surface area (TPSA) is 21.3 Å². The van der Waals surface area contributed by atoms with Gasteiger partial charge in [-0.1, -0.05) is 48.9 Å². The lowest BCUT2D eigenvalue weighted by atomic mass is 9.97. The molecule has 0 heterocycles. The minimum Gasteiger partial charge on any atom is -0.496 e. The first-order valence-electron chi connectivity index (χ1n) is 7.27. The maximum atomic E-state index is 6.30. The molecule has 0 spiro atoms. The normalized spacial score (nSPS) is 12.2. The lowest BCUT2D eigenvalue weighted by Gasteiger charge is -2.22. The third-order valence-electron chi connectivity index (χ3n) is 3.60. The molecule has 0 aliphatic heterocycles. The fourth-order valence-corrected chi connectivity index (χ4v) is 2.74. The predicted octanol–water partition coefficient (Wildman–Crippen LogP) is 4.55. The molecule has 2 aromatic rings. The van der Waals surface area contributed by atoms with E-state index < -0.39 is 0 Å². The van der Waals surface area contributed by atoms with E-state index in [9.17, 15) is 0 Å². The largest absolute Gasteiger partial charge is 0.496 e. The Bertz CT molecular complexity index is 598. The molecular weight excluding hydrogens is 282 g/mol. The molecule has 2 nitrogen and oxygen atoms in total. The van der Waals surface area contributed by atoms with Crippen molar-refractivity contribution >= 4 is 11.6 Å². The van der Waals surface area contributed by atoms with Crippen LogP contribution in [0.4, 0.5) is 0 Å². The number of hydrogen-bond donors (Lipinski definition) is 1. The standard InChI is InChI=1S/C18H22ClNO/c1-4-20-17(12-14-7-5-6-8-16(14)19)15-10-9-13(2)11-18(15)21-3/h5-11,17,20H,4,12H2,1-3H3. The molecule has 1 atom stereocenters. The molecule has 1 unspecified atom stereocenters. The molecule has 112 valence electrons. The predicted molar refractivity (Wildman–Crippen MR) is 89.3 cm³/mol. The van der Waals surface area contributed by atoms with Gasteiger partial charge in [0.2, 0.25) is 0 Å². The molecule has 0 bridgehead atoms. The van der Waals surface area contributed by atoms with Crippen LogP contribution in [0.1, 0.15) is 29.7 Å². The van der Waals surface area contributed by atoms with E-state index in [0.29, 0.717) is 0 Å². The minimum atomic E-state index is 0.186. The van der Waals surface area contributed by atoms with Crippen molar-refractivity contribution in [2.24, 2.45) is 0 Å². The van der Waals surface area contributed by atoms with Crippen molar-refractivity contribution in [2.75, 3.05) is 13.7 Å². The molecule has 21 heavy (non-hydrogen) atoms. The van der Waals surface area contributed by atoms with Crippen LogP contribution < -0.4 is 10.1 Å². The van der Waals surface area contributed by atoms with Gasteiger partial charge in [0.15, 0.2) is 0 Å². The molecule has 0 aliphatic carbocycles. The number of rotatable bonds is 6. The fraction of sp³-hybridized carbons (Fsp3) is 0.333. The SMILES string of the molecule is CCNC(Cc1ccccc1Cl)c1ccc(C)cc1OC. The van der Waals surface area contributed by atoms with Crippen LogP contribution in [0, 0.1) is 6.92 Å². The number of likely N-dealkylation sites (N-methyl/N-ethyl adjacent to an activating group) is 1. The van der Waals surface area contributed by atoms with E-state index >= 15 is 0 Å². The van der Waals surface area contributed by atoms with Crippen molar-refractivity contribution in [3.8, 4) is 5.75 Å². The van der Waals surface area contributed by atoms with Gasteiger partial charge in [0.25, 0.3) is 0 Å². The summed E-state index contributed by atoms with van der Waals surface area (Å²) < 4.78 is 5.55. The highest BCUT2D eigenvalue weighted by Crippen LogP contribution is 2.30. The highest BCUT2D eigenvalue weighted by Gasteiger charge is 2.17. The molecule has 0 saturated heterocycles. The molecule has 0 amide bonds. The Balaban J connectivity index is 2.33. The Labute approximate surface area is 132 Å². The van der Waals surface area contributed by atoms with Crippen LogP contribution >= 0.6 is 11.6 Å². The zero-order valence-corrected chi connectivity index (χ0v) is 13.6. The van der Waals surface area contributed by atoms with Gasteiger partial charge in [-0.15, -0.1) is 0 Å². The van der Waals surface area contributed by atoms with Gasteiger partial charge in [0, 0.05) is 16.6 Å². The Kier molecular flexibility index (Phi) is 5.66. The van der Waals surface area contributed by atoms with E-state index in [1.807, 2.05) is 18.2 Å². The summed E-state index contributed by atoms with van der Waals surface area (Å²) in [6.45, 7) is 5.08. The van der Waals surface area contributed by atoms with Gasteiger partial charge in [0.1, 0.15) is 5.75 Å². The monoisotopic (exact) mass is 303 g/mol. The lowest BCUT2D eigenvalue weighted by molar-refractivity contribution is 0.399. The summed E-state index contributed by atoms with van der Waals surface area (Å²) in [7, 11) is 1.72. The summed E-state index contributed by atoms with van der Waals surface area (Å²) in [5.41, 5.74) is 3.52. The Morgan fingerprint density at radius 2 is 1.95 bits per heavy atom. The maximum Gasteiger partial charge on any atom is 0.123 e. The molecule has 3 heteroatoms. The Morgan fingerprint density at radius 1 is 1.19 bits per heavy atom. The van der Waals surface area contributed by atoms with E-state index in [1.165, 1.54) is 11.1 Å². The molecule has 0 fully saturated rings. The Morgan fingerprint density at radius 3 is 2.62 bits per heavy atom. The minimum absolute atomic E-state index is 0.186. The van der Waals surface area contributed by atoms with Crippen LogP contribution in [0.3, 0.4) is 0 Å². The van der Waals surface area contributed by atoms with Crippen LogP contribution in [-0.2, 0) is 6.42 Å². The zero-order valence-electron chi connectivity index (χ0n) is 12.8. The third kappa shape index (κ3) is 3.99. The van der Waals surface area contributed by atoms with Crippen LogP contribution in [0.2, 0.25) is 5.02 Å². The van der Waals surface area contributed by atoms with Gasteiger partial charge in [-0.25, -0.2) is 0 Å². The second-order valence-corrected chi connectivity index (χ2v) is 5.56. The molecule has 2 aromatic carbocycles. The van der Waals surface area contributed by atoms with Crippen molar-refractivity contribution < 1.29 is 4.74 Å². The number of hydrogen-bond acceptors (Lipinski definition) is 2. The van der Waals surface area contributed by atoms with Crippen LogP contribution in [0.5, 0.6) is 5.75 Å². The average molecular weight is 304 g/mol. The number of aryl methyl sites for hydroxylation is 1. The molecule has 0 aromatic heterocycles. The summed E-state index contributed by atoms with van der Waals surface area (Å²) in [6.07, 6.45) is 0.840. The van der Waals surface area contributed by atoms with Crippen molar-refractivity contribution in [3.63, 3.8) is 0 Å². The van der Waals surface area contributed by atoms with Gasteiger partial charge in [-0.05, 0) is 43.1 Å². The second kappa shape index (κ2) is 7.48. The fourth-order valence-electron chi connectivity index (χ4n) is 2.53. The van der Waals surface area contributed by atoms with E-state index in [2.05, 4.69) is 43.4 Å². The van der Waals surface area contributed by atoms with E-state index in [0.717, 1.165) is 29.3 Å². The summed E-state index contributed by atoms with van der Waals surface area (Å²) in [6, 6.07) is 14.5. The smallest absolute Gasteiger partial charge is 0.123 e. The number of halogens is 1. The zero-order chi connectivity index (χ0) is 15.2. The average Bonchev–Trinajstić information content (AvgIpc) is 2.49. The molecule has 0 aliphatic rings.